The number of sulfonamides is 2. The number of benzene rings is 2. The van der Waals surface area contributed by atoms with Crippen LogP contribution >= 0.6 is 0 Å². The second kappa shape index (κ2) is 9.73. The highest BCUT2D eigenvalue weighted by Gasteiger charge is 2.26. The van der Waals surface area contributed by atoms with Gasteiger partial charge in [-0.05, 0) is 44.2 Å². The van der Waals surface area contributed by atoms with Crippen LogP contribution in [0.4, 0.5) is 10.1 Å². The van der Waals surface area contributed by atoms with Crippen LogP contribution in [0.1, 0.15) is 13.8 Å². The maximum Gasteiger partial charge on any atom is 0.246 e. The summed E-state index contributed by atoms with van der Waals surface area (Å²) >= 11 is 0. The first-order valence-corrected chi connectivity index (χ1v) is 12.1. The van der Waals surface area contributed by atoms with E-state index in [0.29, 0.717) is 0 Å². The van der Waals surface area contributed by atoms with Crippen molar-refractivity contribution in [1.29, 1.82) is 0 Å². The second-order valence-corrected chi connectivity index (χ2v) is 10.4. The van der Waals surface area contributed by atoms with E-state index in [1.165, 1.54) is 51.4 Å². The van der Waals surface area contributed by atoms with Gasteiger partial charge in [0.15, 0.2) is 0 Å². The van der Waals surface area contributed by atoms with Gasteiger partial charge in [0.1, 0.15) is 21.4 Å². The Bertz CT molecular complexity index is 1170. The smallest absolute Gasteiger partial charge is 0.246 e. The molecule has 2 N–H and O–H groups in total. The number of carbonyl (C=O) groups excluding carboxylic acids is 1. The lowest BCUT2D eigenvalue weighted by Gasteiger charge is -2.18. The Morgan fingerprint density at radius 1 is 1.10 bits per heavy atom. The quantitative estimate of drug-likeness (QED) is 0.573. The van der Waals surface area contributed by atoms with Gasteiger partial charge >= 0.3 is 0 Å². The molecule has 2 rings (SSSR count). The molecule has 2 aromatic rings. The molecule has 0 aromatic heterocycles. The van der Waals surface area contributed by atoms with Crippen molar-refractivity contribution in [2.24, 2.45) is 0 Å². The lowest BCUT2D eigenvalue weighted by molar-refractivity contribution is -0.117. The molecular weight excluding hydrogens is 449 g/mol. The van der Waals surface area contributed by atoms with Gasteiger partial charge in [0.05, 0.1) is 12.6 Å². The van der Waals surface area contributed by atoms with Crippen molar-refractivity contribution in [3.63, 3.8) is 0 Å². The molecule has 0 saturated heterocycles. The van der Waals surface area contributed by atoms with Crippen molar-refractivity contribution in [2.45, 2.75) is 29.7 Å². The minimum atomic E-state index is -4.29. The van der Waals surface area contributed by atoms with Crippen molar-refractivity contribution in [1.82, 2.24) is 9.03 Å². The molecule has 12 heteroatoms. The highest BCUT2D eigenvalue weighted by atomic mass is 32.2. The summed E-state index contributed by atoms with van der Waals surface area (Å²) in [6, 6.07) is 7.53. The summed E-state index contributed by atoms with van der Waals surface area (Å²) in [5.74, 6) is -1.60. The molecule has 31 heavy (non-hydrogen) atoms. The zero-order valence-electron chi connectivity index (χ0n) is 17.4. The number of anilines is 1. The monoisotopic (exact) mass is 473 g/mol. The van der Waals surface area contributed by atoms with Crippen molar-refractivity contribution in [2.75, 3.05) is 26.0 Å². The number of hydrogen-bond donors (Lipinski definition) is 2. The molecule has 0 aliphatic heterocycles. The van der Waals surface area contributed by atoms with Crippen LogP contribution in [0.15, 0.2) is 52.3 Å². The maximum atomic E-state index is 13.8. The fraction of sp³-hybridized carbons (Fsp3) is 0.316. The van der Waals surface area contributed by atoms with Gasteiger partial charge in [0, 0.05) is 19.8 Å². The molecule has 0 spiro atoms. The highest BCUT2D eigenvalue weighted by Crippen LogP contribution is 2.29. The number of amides is 1. The largest absolute Gasteiger partial charge is 0.492 e. The summed E-state index contributed by atoms with van der Waals surface area (Å²) in [4.78, 5) is 11.7. The predicted molar refractivity (Wildman–Crippen MR) is 113 cm³/mol. The van der Waals surface area contributed by atoms with Gasteiger partial charge in [-0.1, -0.05) is 12.1 Å². The number of ether oxygens (including phenoxy) is 1. The van der Waals surface area contributed by atoms with E-state index in [4.69, 9.17) is 4.74 Å². The standard InChI is InChI=1S/C19H24FN3O6S2/c1-5-29-16-11-10-14(12-18(16)31(27,28)23(3)4)21-19(24)13(2)22-30(25,26)17-9-7-6-8-15(17)20/h6-13,22H,5H2,1-4H3,(H,21,24)/t13-/m0/s1. The fourth-order valence-corrected chi connectivity index (χ4v) is 4.85. The first-order chi connectivity index (χ1) is 14.4. The highest BCUT2D eigenvalue weighted by molar-refractivity contribution is 7.89. The average Bonchev–Trinajstić information content (AvgIpc) is 2.68. The summed E-state index contributed by atoms with van der Waals surface area (Å²) in [5.41, 5.74) is 0.116. The lowest BCUT2D eigenvalue weighted by Crippen LogP contribution is -2.41. The molecule has 170 valence electrons. The van der Waals surface area contributed by atoms with E-state index in [0.717, 1.165) is 16.4 Å². The van der Waals surface area contributed by atoms with Crippen LogP contribution in [0.5, 0.6) is 5.75 Å². The number of nitrogens with zero attached hydrogens (tertiary/aromatic N) is 1. The SMILES string of the molecule is CCOc1ccc(NC(=O)[C@H](C)NS(=O)(=O)c2ccccc2F)cc1S(=O)(=O)N(C)C. The average molecular weight is 474 g/mol. The normalized spacial score (nSPS) is 13.1. The van der Waals surface area contributed by atoms with Crippen LogP contribution in [0.25, 0.3) is 0 Å². The fourth-order valence-electron chi connectivity index (χ4n) is 2.52. The van der Waals surface area contributed by atoms with Crippen molar-refractivity contribution >= 4 is 31.6 Å². The van der Waals surface area contributed by atoms with Gasteiger partial charge < -0.3 is 10.1 Å². The van der Waals surface area contributed by atoms with E-state index in [-0.39, 0.29) is 22.9 Å². The molecular formula is C19H24FN3O6S2. The summed E-state index contributed by atoms with van der Waals surface area (Å²) < 4.78 is 72.2. The second-order valence-electron chi connectivity index (χ2n) is 6.64. The number of hydrogen-bond acceptors (Lipinski definition) is 6. The minimum Gasteiger partial charge on any atom is -0.492 e. The third-order valence-electron chi connectivity index (χ3n) is 4.12. The van der Waals surface area contributed by atoms with Crippen molar-refractivity contribution in [3.8, 4) is 5.75 Å². The molecule has 0 bridgehead atoms. The zero-order valence-corrected chi connectivity index (χ0v) is 19.1. The van der Waals surface area contributed by atoms with Crippen LogP contribution in [-0.4, -0.2) is 53.8 Å². The Kier molecular flexibility index (Phi) is 7.76. The summed E-state index contributed by atoms with van der Waals surface area (Å²) in [7, 11) is -5.45. The van der Waals surface area contributed by atoms with Gasteiger partial charge in [-0.15, -0.1) is 0 Å². The Morgan fingerprint density at radius 3 is 2.32 bits per heavy atom. The molecule has 0 aliphatic carbocycles. The van der Waals surface area contributed by atoms with Crippen molar-refractivity contribution in [3.05, 3.63) is 48.3 Å². The molecule has 1 atom stereocenters. The number of nitrogens with one attached hydrogen (secondary N) is 2. The molecule has 9 nitrogen and oxygen atoms in total. The summed E-state index contributed by atoms with van der Waals surface area (Å²) in [6.45, 7) is 3.21. The summed E-state index contributed by atoms with van der Waals surface area (Å²) in [6.07, 6.45) is 0. The van der Waals surface area contributed by atoms with E-state index in [1.54, 1.807) is 6.92 Å². The van der Waals surface area contributed by atoms with Crippen molar-refractivity contribution < 1.29 is 30.8 Å². The van der Waals surface area contributed by atoms with E-state index in [1.807, 2.05) is 0 Å². The van der Waals surface area contributed by atoms with E-state index in [2.05, 4.69) is 10.0 Å². The lowest BCUT2D eigenvalue weighted by atomic mass is 10.2. The molecule has 0 heterocycles. The summed E-state index contributed by atoms with van der Waals surface area (Å²) in [5, 5.41) is 2.45. The van der Waals surface area contributed by atoms with E-state index < -0.39 is 42.7 Å². The van der Waals surface area contributed by atoms with Gasteiger partial charge in [-0.25, -0.2) is 25.5 Å². The Labute approximate surface area is 181 Å². The molecule has 0 unspecified atom stereocenters. The molecule has 0 saturated carbocycles. The van der Waals surface area contributed by atoms with Gasteiger partial charge in [0.2, 0.25) is 26.0 Å². The molecule has 0 fully saturated rings. The first kappa shape index (κ1) is 24.7. The number of halogens is 1. The van der Waals surface area contributed by atoms with Crippen LogP contribution in [0.3, 0.4) is 0 Å². The topological polar surface area (TPSA) is 122 Å². The Hall–Kier alpha value is -2.54. The van der Waals surface area contributed by atoms with Crippen LogP contribution < -0.4 is 14.8 Å². The third-order valence-corrected chi connectivity index (χ3v) is 7.53. The molecule has 0 aliphatic rings. The third kappa shape index (κ3) is 5.79. The van der Waals surface area contributed by atoms with Crippen LogP contribution in [-0.2, 0) is 24.8 Å². The number of rotatable bonds is 9. The van der Waals surface area contributed by atoms with Crippen LogP contribution in [0, 0.1) is 5.82 Å². The molecule has 0 radical (unpaired) electrons. The van der Waals surface area contributed by atoms with E-state index >= 15 is 0 Å². The molecule has 2 aromatic carbocycles. The van der Waals surface area contributed by atoms with E-state index in [9.17, 15) is 26.0 Å². The van der Waals surface area contributed by atoms with Crippen LogP contribution in [0.2, 0.25) is 0 Å². The zero-order chi connectivity index (χ0) is 23.4. The predicted octanol–water partition coefficient (Wildman–Crippen LogP) is 1.78. The molecule has 1 amide bonds. The van der Waals surface area contributed by atoms with Gasteiger partial charge in [-0.3, -0.25) is 4.79 Å². The number of carbonyl (C=O) groups is 1. The first-order valence-electron chi connectivity index (χ1n) is 9.17. The minimum absolute atomic E-state index is 0.113. The Morgan fingerprint density at radius 2 is 1.74 bits per heavy atom. The maximum absolute atomic E-state index is 13.8. The van der Waals surface area contributed by atoms with Gasteiger partial charge in [-0.2, -0.15) is 4.72 Å². The van der Waals surface area contributed by atoms with Gasteiger partial charge in [0.25, 0.3) is 0 Å². The Balaban J connectivity index is 2.26.